The zero-order chi connectivity index (χ0) is 17.2. The fraction of sp³-hybridized carbons (Fsp3) is 0.562. The first kappa shape index (κ1) is 18.3. The third-order valence-corrected chi connectivity index (χ3v) is 4.40. The van der Waals surface area contributed by atoms with Gasteiger partial charge in [0.1, 0.15) is 5.60 Å². The highest BCUT2D eigenvalue weighted by molar-refractivity contribution is 6.33. The Morgan fingerprint density at radius 3 is 2.74 bits per heavy atom. The molecule has 0 aromatic heterocycles. The van der Waals surface area contributed by atoms with E-state index in [2.05, 4.69) is 5.43 Å². The zero-order valence-corrected chi connectivity index (χ0v) is 15.1. The Labute approximate surface area is 147 Å². The number of nitrogens with two attached hydrogens (primary N) is 1. The van der Waals surface area contributed by atoms with Gasteiger partial charge in [0.05, 0.1) is 6.04 Å². The van der Waals surface area contributed by atoms with Crippen LogP contribution in [0.15, 0.2) is 18.2 Å². The summed E-state index contributed by atoms with van der Waals surface area (Å²) < 4.78 is 5.42. The minimum Gasteiger partial charge on any atom is -0.444 e. The monoisotopic (exact) mass is 359 g/mol. The fourth-order valence-electron chi connectivity index (χ4n) is 2.78. The van der Waals surface area contributed by atoms with Crippen molar-refractivity contribution in [3.63, 3.8) is 0 Å². The number of hydrogen-bond donors (Lipinski definition) is 2. The van der Waals surface area contributed by atoms with E-state index in [1.807, 2.05) is 26.8 Å². The number of hydrazine groups is 1. The molecule has 0 spiro atoms. The predicted octanol–water partition coefficient (Wildman–Crippen LogP) is 3.75. The van der Waals surface area contributed by atoms with Gasteiger partial charge in [-0.3, -0.25) is 11.3 Å². The molecule has 2 unspecified atom stereocenters. The van der Waals surface area contributed by atoms with E-state index >= 15 is 0 Å². The molecule has 1 fully saturated rings. The molecule has 1 saturated heterocycles. The van der Waals surface area contributed by atoms with E-state index in [4.69, 9.17) is 33.8 Å². The highest BCUT2D eigenvalue weighted by Gasteiger charge is 2.35. The van der Waals surface area contributed by atoms with E-state index in [9.17, 15) is 4.79 Å². The summed E-state index contributed by atoms with van der Waals surface area (Å²) in [6, 6.07) is 5.13. The van der Waals surface area contributed by atoms with Crippen LogP contribution in [-0.2, 0) is 4.74 Å². The second-order valence-corrected chi connectivity index (χ2v) is 7.63. The molecule has 1 aromatic carbocycles. The molecule has 7 heteroatoms. The smallest absolute Gasteiger partial charge is 0.410 e. The molecule has 2 rings (SSSR count). The molecular formula is C16H23Cl2N3O2. The van der Waals surface area contributed by atoms with E-state index in [-0.39, 0.29) is 18.1 Å². The lowest BCUT2D eigenvalue weighted by Crippen LogP contribution is -2.38. The number of rotatable bonds is 3. The maximum Gasteiger partial charge on any atom is 0.410 e. The van der Waals surface area contributed by atoms with Gasteiger partial charge in [-0.25, -0.2) is 4.79 Å². The third-order valence-electron chi connectivity index (χ3n) is 3.82. The van der Waals surface area contributed by atoms with Gasteiger partial charge in [0, 0.05) is 23.1 Å². The van der Waals surface area contributed by atoms with Crippen molar-refractivity contribution in [1.82, 2.24) is 10.3 Å². The van der Waals surface area contributed by atoms with Crippen LogP contribution in [-0.4, -0.2) is 29.7 Å². The van der Waals surface area contributed by atoms with Crippen molar-refractivity contribution in [2.45, 2.75) is 38.8 Å². The Balaban J connectivity index is 2.10. The van der Waals surface area contributed by atoms with Crippen LogP contribution in [0.2, 0.25) is 10.0 Å². The van der Waals surface area contributed by atoms with Gasteiger partial charge < -0.3 is 9.64 Å². The normalized spacial score (nSPS) is 19.7. The van der Waals surface area contributed by atoms with Gasteiger partial charge in [-0.15, -0.1) is 0 Å². The van der Waals surface area contributed by atoms with Crippen LogP contribution in [0.5, 0.6) is 0 Å². The maximum atomic E-state index is 12.2. The second-order valence-electron chi connectivity index (χ2n) is 6.79. The van der Waals surface area contributed by atoms with Crippen LogP contribution in [0.3, 0.4) is 0 Å². The molecular weight excluding hydrogens is 337 g/mol. The molecule has 1 heterocycles. The number of carbonyl (C=O) groups excluding carboxylic acids is 1. The van der Waals surface area contributed by atoms with Crippen LogP contribution in [0, 0.1) is 5.92 Å². The first-order valence-electron chi connectivity index (χ1n) is 7.60. The van der Waals surface area contributed by atoms with E-state index in [0.29, 0.717) is 23.1 Å². The van der Waals surface area contributed by atoms with Crippen LogP contribution >= 0.6 is 23.2 Å². The Kier molecular flexibility index (Phi) is 5.79. The SMILES string of the molecule is CC(C)(C)OC(=O)N1CCC(C(NN)c2cc(Cl)ccc2Cl)C1. The summed E-state index contributed by atoms with van der Waals surface area (Å²) in [5.74, 6) is 5.88. The van der Waals surface area contributed by atoms with Crippen LogP contribution in [0.1, 0.15) is 38.8 Å². The van der Waals surface area contributed by atoms with Crippen molar-refractivity contribution in [3.8, 4) is 0 Å². The zero-order valence-electron chi connectivity index (χ0n) is 13.6. The van der Waals surface area contributed by atoms with Gasteiger partial charge in [-0.2, -0.15) is 0 Å². The average molecular weight is 360 g/mol. The molecule has 1 aliphatic rings. The molecule has 1 aromatic rings. The summed E-state index contributed by atoms with van der Waals surface area (Å²) in [5.41, 5.74) is 3.16. The van der Waals surface area contributed by atoms with Gasteiger partial charge in [0.2, 0.25) is 0 Å². The molecule has 0 radical (unpaired) electrons. The summed E-state index contributed by atoms with van der Waals surface area (Å²) in [7, 11) is 0. The molecule has 0 saturated carbocycles. The van der Waals surface area contributed by atoms with Crippen LogP contribution < -0.4 is 11.3 Å². The quantitative estimate of drug-likeness (QED) is 0.636. The first-order chi connectivity index (χ1) is 10.7. The Bertz CT molecular complexity index is 575. The largest absolute Gasteiger partial charge is 0.444 e. The van der Waals surface area contributed by atoms with Gasteiger partial charge >= 0.3 is 6.09 Å². The first-order valence-corrected chi connectivity index (χ1v) is 8.36. The van der Waals surface area contributed by atoms with Crippen molar-refractivity contribution in [2.75, 3.05) is 13.1 Å². The lowest BCUT2D eigenvalue weighted by atomic mass is 9.93. The molecule has 2 atom stereocenters. The molecule has 23 heavy (non-hydrogen) atoms. The number of nitrogens with zero attached hydrogens (tertiary/aromatic N) is 1. The molecule has 128 valence electrons. The number of halogens is 2. The van der Waals surface area contributed by atoms with E-state index < -0.39 is 5.60 Å². The number of likely N-dealkylation sites (tertiary alicyclic amines) is 1. The van der Waals surface area contributed by atoms with E-state index in [1.165, 1.54) is 0 Å². The lowest BCUT2D eigenvalue weighted by Gasteiger charge is -2.26. The molecule has 1 aliphatic heterocycles. The third kappa shape index (κ3) is 4.73. The Morgan fingerprint density at radius 2 is 2.13 bits per heavy atom. The molecule has 0 bridgehead atoms. The number of ether oxygens (including phenoxy) is 1. The Hall–Kier alpha value is -1.01. The predicted molar refractivity (Wildman–Crippen MR) is 92.4 cm³/mol. The lowest BCUT2D eigenvalue weighted by molar-refractivity contribution is 0.0285. The summed E-state index contributed by atoms with van der Waals surface area (Å²) in [5, 5.41) is 1.21. The van der Waals surface area contributed by atoms with Gasteiger partial charge in [-0.1, -0.05) is 23.2 Å². The molecule has 0 aliphatic carbocycles. The van der Waals surface area contributed by atoms with Gasteiger partial charge in [-0.05, 0) is 56.9 Å². The summed E-state index contributed by atoms with van der Waals surface area (Å²) in [6.07, 6.45) is 0.518. The minimum atomic E-state index is -0.503. The van der Waals surface area contributed by atoms with Crippen molar-refractivity contribution < 1.29 is 9.53 Å². The number of carbonyl (C=O) groups is 1. The summed E-state index contributed by atoms with van der Waals surface area (Å²) >= 11 is 12.3. The molecule has 1 amide bonds. The topological polar surface area (TPSA) is 67.6 Å². The van der Waals surface area contributed by atoms with Crippen molar-refractivity contribution in [3.05, 3.63) is 33.8 Å². The average Bonchev–Trinajstić information content (AvgIpc) is 2.91. The fourth-order valence-corrected chi connectivity index (χ4v) is 3.20. The van der Waals surface area contributed by atoms with Crippen LogP contribution in [0.25, 0.3) is 0 Å². The summed E-state index contributed by atoms with van der Waals surface area (Å²) in [6.45, 7) is 6.76. The van der Waals surface area contributed by atoms with E-state index in [0.717, 1.165) is 12.0 Å². The van der Waals surface area contributed by atoms with E-state index in [1.54, 1.807) is 17.0 Å². The standard InChI is InChI=1S/C16H23Cl2N3O2/c1-16(2,3)23-15(22)21-7-6-10(9-21)14(20-19)12-8-11(17)4-5-13(12)18/h4-5,8,10,14,20H,6-7,9,19H2,1-3H3. The molecule has 3 N–H and O–H groups in total. The van der Waals surface area contributed by atoms with Crippen LogP contribution in [0.4, 0.5) is 4.79 Å². The summed E-state index contributed by atoms with van der Waals surface area (Å²) in [4.78, 5) is 13.9. The maximum absolute atomic E-state index is 12.2. The van der Waals surface area contributed by atoms with Crippen molar-refractivity contribution >= 4 is 29.3 Å². The van der Waals surface area contributed by atoms with Gasteiger partial charge in [0.15, 0.2) is 0 Å². The molecule has 5 nitrogen and oxygen atoms in total. The number of benzene rings is 1. The van der Waals surface area contributed by atoms with Gasteiger partial charge in [0.25, 0.3) is 0 Å². The number of amides is 1. The number of nitrogens with one attached hydrogen (secondary N) is 1. The Morgan fingerprint density at radius 1 is 1.43 bits per heavy atom. The highest BCUT2D eigenvalue weighted by atomic mass is 35.5. The van der Waals surface area contributed by atoms with Crippen molar-refractivity contribution in [1.29, 1.82) is 0 Å². The highest BCUT2D eigenvalue weighted by Crippen LogP contribution is 2.35. The van der Waals surface area contributed by atoms with Crippen molar-refractivity contribution in [2.24, 2.45) is 11.8 Å². The second kappa shape index (κ2) is 7.26. The minimum absolute atomic E-state index is 0.142. The number of hydrogen-bond acceptors (Lipinski definition) is 4.